The molecule has 0 saturated heterocycles. The molecule has 0 N–H and O–H groups in total. The van der Waals surface area contributed by atoms with Crippen molar-refractivity contribution in [2.24, 2.45) is 5.92 Å². The Labute approximate surface area is 177 Å². The van der Waals surface area contributed by atoms with Crippen molar-refractivity contribution in [1.82, 2.24) is 0 Å². The van der Waals surface area contributed by atoms with Crippen LogP contribution in [0.3, 0.4) is 0 Å². The summed E-state index contributed by atoms with van der Waals surface area (Å²) >= 11 is -3.91. The molecule has 137 valence electrons. The number of hydrogen-bond acceptors (Lipinski definition) is 0. The number of halogens is 2. The maximum absolute atomic E-state index is 6.72. The molecule has 26 heavy (non-hydrogen) atoms. The zero-order valence-corrected chi connectivity index (χ0v) is 23.8. The first-order chi connectivity index (χ1) is 12.3. The van der Waals surface area contributed by atoms with Crippen LogP contribution < -0.4 is 0 Å². The zero-order chi connectivity index (χ0) is 19.2. The van der Waals surface area contributed by atoms with E-state index in [2.05, 4.69) is 63.5 Å². The van der Waals surface area contributed by atoms with Crippen molar-refractivity contribution in [3.8, 4) is 0 Å². The SMILES string of the molecule is CCC1=[C]([Hf]([Cl])[Cl])C2=CC=C[C](=[Ge]([CH3])[CH3])C(C)C2=C1C1=C(C)C(C)=CC1. The number of hydrogen-bond donors (Lipinski definition) is 0. The predicted molar refractivity (Wildman–Crippen MR) is 116 cm³/mol. The van der Waals surface area contributed by atoms with Gasteiger partial charge in [-0.1, -0.05) is 0 Å². The van der Waals surface area contributed by atoms with Gasteiger partial charge in [0.2, 0.25) is 0 Å². The second kappa shape index (κ2) is 8.35. The monoisotopic (exact) mass is 615 g/mol. The van der Waals surface area contributed by atoms with Gasteiger partial charge in [-0.15, -0.1) is 0 Å². The van der Waals surface area contributed by atoms with E-state index in [9.17, 15) is 0 Å². The van der Waals surface area contributed by atoms with E-state index in [0.717, 1.165) is 12.8 Å². The fourth-order valence-electron chi connectivity index (χ4n) is 4.49. The summed E-state index contributed by atoms with van der Waals surface area (Å²) in [7, 11) is 13.4. The van der Waals surface area contributed by atoms with E-state index in [1.165, 1.54) is 42.3 Å². The molecule has 0 aromatic carbocycles. The van der Waals surface area contributed by atoms with Crippen LogP contribution in [0.25, 0.3) is 0 Å². The van der Waals surface area contributed by atoms with E-state index in [4.69, 9.17) is 17.2 Å². The normalized spacial score (nSPS) is 22.8. The fourth-order valence-corrected chi connectivity index (χ4v) is 14.5. The van der Waals surface area contributed by atoms with Gasteiger partial charge in [-0.2, -0.15) is 0 Å². The molecule has 0 spiro atoms. The van der Waals surface area contributed by atoms with E-state index >= 15 is 0 Å². The molecule has 0 heterocycles. The summed E-state index contributed by atoms with van der Waals surface area (Å²) in [6.07, 6.45) is 11.4. The van der Waals surface area contributed by atoms with Crippen LogP contribution in [0.5, 0.6) is 0 Å². The summed E-state index contributed by atoms with van der Waals surface area (Å²) < 4.78 is 3.01. The van der Waals surface area contributed by atoms with E-state index in [-0.39, 0.29) is 0 Å². The van der Waals surface area contributed by atoms with Crippen molar-refractivity contribution in [3.63, 3.8) is 0 Å². The Bertz CT molecular complexity index is 872. The second-order valence-corrected chi connectivity index (χ2v) is 24.4. The summed E-state index contributed by atoms with van der Waals surface area (Å²) in [5.74, 6) is 5.39. The topological polar surface area (TPSA) is 0 Å². The molecule has 1 atom stereocenters. The van der Waals surface area contributed by atoms with Crippen LogP contribution in [0, 0.1) is 5.92 Å². The molecular weight excluding hydrogens is 586 g/mol. The minimum atomic E-state index is -2.74. The molecule has 0 aromatic rings. The van der Waals surface area contributed by atoms with Crippen LogP contribution in [0.1, 0.15) is 40.5 Å². The molecule has 0 radical (unpaired) electrons. The van der Waals surface area contributed by atoms with E-state index in [0.29, 0.717) is 5.92 Å². The Morgan fingerprint density at radius 2 is 1.92 bits per heavy atom. The van der Waals surface area contributed by atoms with Gasteiger partial charge in [0.15, 0.2) is 0 Å². The van der Waals surface area contributed by atoms with Gasteiger partial charge in [0.25, 0.3) is 0 Å². The summed E-state index contributed by atoms with van der Waals surface area (Å²) in [5, 5.41) is 0. The molecule has 3 aliphatic carbocycles. The van der Waals surface area contributed by atoms with Crippen molar-refractivity contribution in [2.45, 2.75) is 52.0 Å². The summed E-state index contributed by atoms with van der Waals surface area (Å²) in [4.78, 5) is 0. The third-order valence-electron chi connectivity index (χ3n) is 5.95. The van der Waals surface area contributed by atoms with Gasteiger partial charge in [0.1, 0.15) is 0 Å². The van der Waals surface area contributed by atoms with Crippen molar-refractivity contribution in [2.75, 3.05) is 0 Å². The van der Waals surface area contributed by atoms with Crippen molar-refractivity contribution < 1.29 is 19.1 Å². The molecule has 0 saturated carbocycles. The molecule has 4 heteroatoms. The zero-order valence-electron chi connectivity index (χ0n) is 16.6. The van der Waals surface area contributed by atoms with Crippen molar-refractivity contribution >= 4 is 35.4 Å². The summed E-state index contributed by atoms with van der Waals surface area (Å²) in [5.41, 5.74) is 10.2. The van der Waals surface area contributed by atoms with Gasteiger partial charge in [-0.25, -0.2) is 0 Å². The summed E-state index contributed by atoms with van der Waals surface area (Å²) in [6, 6.07) is 0. The van der Waals surface area contributed by atoms with Crippen LogP contribution in [-0.2, 0) is 19.1 Å². The van der Waals surface area contributed by atoms with Crippen LogP contribution >= 0.6 is 17.2 Å². The van der Waals surface area contributed by atoms with Crippen molar-refractivity contribution in [1.29, 1.82) is 0 Å². The average molecular weight is 613 g/mol. The molecule has 0 aromatic heterocycles. The van der Waals surface area contributed by atoms with Gasteiger partial charge < -0.3 is 0 Å². The molecule has 0 bridgehead atoms. The molecule has 1 unspecified atom stereocenters. The number of fused-ring (bicyclic) bond motifs is 1. The first kappa shape index (κ1) is 21.0. The van der Waals surface area contributed by atoms with Crippen LogP contribution in [0.4, 0.5) is 0 Å². The quantitative estimate of drug-likeness (QED) is 0.296. The Kier molecular flexibility index (Phi) is 6.75. The van der Waals surface area contributed by atoms with E-state index in [1.807, 2.05) is 0 Å². The maximum atomic E-state index is 6.72. The number of rotatable bonds is 3. The van der Waals surface area contributed by atoms with Gasteiger partial charge in [-0.3, -0.25) is 0 Å². The molecule has 0 nitrogen and oxygen atoms in total. The molecule has 0 amide bonds. The Morgan fingerprint density at radius 1 is 1.23 bits per heavy atom. The third kappa shape index (κ3) is 3.51. The van der Waals surface area contributed by atoms with Gasteiger partial charge in [0.05, 0.1) is 0 Å². The molecule has 0 fully saturated rings. The van der Waals surface area contributed by atoms with Gasteiger partial charge >= 0.3 is 179 Å². The standard InChI is InChI=1S/C22H27Ge.2ClH.Hf/c1-7-17-13-18-9-8-10-20(23(5)6)16(4)21(18)22(17)19-12-11-14(2)15(19)3;;;/h8-11,16H,7,12H2,1-6H3;2*1H;/q;;;+2/p-2. The van der Waals surface area contributed by atoms with Crippen LogP contribution in [-0.4, -0.2) is 18.3 Å². The van der Waals surface area contributed by atoms with Crippen LogP contribution in [0.2, 0.25) is 11.5 Å². The molecule has 3 rings (SSSR count). The Balaban J connectivity index is 2.34. The Morgan fingerprint density at radius 3 is 2.42 bits per heavy atom. The minimum absolute atomic E-state index is 0.471. The second-order valence-electron chi connectivity index (χ2n) is 7.57. The van der Waals surface area contributed by atoms with E-state index in [1.54, 1.807) is 4.35 Å². The van der Waals surface area contributed by atoms with E-state index < -0.39 is 33.0 Å². The van der Waals surface area contributed by atoms with Crippen LogP contribution in [0.15, 0.2) is 66.6 Å². The van der Waals surface area contributed by atoms with Gasteiger partial charge in [0, 0.05) is 0 Å². The molecular formula is C22H27Cl2GeHf. The Hall–Kier alpha value is 0.303. The average Bonchev–Trinajstić information content (AvgIpc) is 3.02. The predicted octanol–water partition coefficient (Wildman–Crippen LogP) is 7.19. The summed E-state index contributed by atoms with van der Waals surface area (Å²) in [6.45, 7) is 9.18. The molecule has 0 aliphatic heterocycles. The van der Waals surface area contributed by atoms with Gasteiger partial charge in [-0.05, 0) is 0 Å². The molecule has 3 aliphatic rings. The first-order valence-electron chi connectivity index (χ1n) is 9.39. The number of allylic oxidation sites excluding steroid dienone is 12. The van der Waals surface area contributed by atoms with Crippen molar-refractivity contribution in [3.05, 3.63) is 66.6 Å². The third-order valence-corrected chi connectivity index (χ3v) is 16.1. The first-order valence-corrected chi connectivity index (χ1v) is 25.3. The fraction of sp³-hybridized carbons (Fsp3) is 0.409.